The zero-order valence-corrected chi connectivity index (χ0v) is 8.93. The normalized spacial score (nSPS) is 15.6. The molecule has 1 heterocycles. The monoisotopic (exact) mass is 200 g/mol. The second-order valence-electron chi connectivity index (χ2n) is 3.50. The minimum atomic E-state index is -0.201. The molecule has 13 heavy (non-hydrogen) atoms. The molecule has 1 atom stereocenters. The smallest absolute Gasteiger partial charge is 0.0943 e. The lowest BCUT2D eigenvalue weighted by Gasteiger charge is -2.22. The first kappa shape index (κ1) is 10.6. The van der Waals surface area contributed by atoms with Gasteiger partial charge in [-0.2, -0.15) is 0 Å². The van der Waals surface area contributed by atoms with Gasteiger partial charge in [0.2, 0.25) is 0 Å². The molecule has 0 saturated heterocycles. The van der Waals surface area contributed by atoms with Crippen molar-refractivity contribution in [1.82, 2.24) is 4.98 Å². The van der Waals surface area contributed by atoms with Crippen LogP contribution in [0.3, 0.4) is 0 Å². The summed E-state index contributed by atoms with van der Waals surface area (Å²) in [5.41, 5.74) is 5.88. The number of aromatic nitrogens is 1. The molecule has 74 valence electrons. The van der Waals surface area contributed by atoms with Crippen LogP contribution in [0.15, 0.2) is 11.6 Å². The van der Waals surface area contributed by atoms with E-state index in [0.717, 1.165) is 17.8 Å². The SMILES string of the molecule is COCCC(C)(N)Cc1nccs1. The maximum Gasteiger partial charge on any atom is 0.0943 e. The van der Waals surface area contributed by atoms with Gasteiger partial charge in [0.15, 0.2) is 0 Å². The number of methoxy groups -OCH3 is 1. The lowest BCUT2D eigenvalue weighted by molar-refractivity contribution is 0.171. The molecule has 0 radical (unpaired) electrons. The Morgan fingerprint density at radius 3 is 3.00 bits per heavy atom. The fourth-order valence-electron chi connectivity index (χ4n) is 1.11. The van der Waals surface area contributed by atoms with Crippen molar-refractivity contribution in [3.63, 3.8) is 0 Å². The van der Waals surface area contributed by atoms with Crippen LogP contribution >= 0.6 is 11.3 Å². The third-order valence-electron chi connectivity index (χ3n) is 1.92. The number of nitrogens with zero attached hydrogens (tertiary/aromatic N) is 1. The summed E-state index contributed by atoms with van der Waals surface area (Å²) in [6.07, 6.45) is 3.50. The molecule has 0 amide bonds. The average molecular weight is 200 g/mol. The first-order valence-electron chi connectivity index (χ1n) is 4.30. The van der Waals surface area contributed by atoms with E-state index in [1.807, 2.05) is 18.5 Å². The molecule has 0 aliphatic rings. The predicted octanol–water partition coefficient (Wildman–Crippen LogP) is 1.44. The van der Waals surface area contributed by atoms with E-state index >= 15 is 0 Å². The maximum atomic E-state index is 6.08. The van der Waals surface area contributed by atoms with E-state index < -0.39 is 0 Å². The lowest BCUT2D eigenvalue weighted by Crippen LogP contribution is -2.39. The Hall–Kier alpha value is -0.450. The summed E-state index contributed by atoms with van der Waals surface area (Å²) in [5.74, 6) is 0. The van der Waals surface area contributed by atoms with Crippen LogP contribution in [-0.2, 0) is 11.2 Å². The molecule has 4 heteroatoms. The van der Waals surface area contributed by atoms with Crippen LogP contribution in [0.4, 0.5) is 0 Å². The van der Waals surface area contributed by atoms with Gasteiger partial charge in [-0.15, -0.1) is 11.3 Å². The third-order valence-corrected chi connectivity index (χ3v) is 2.70. The maximum absolute atomic E-state index is 6.08. The van der Waals surface area contributed by atoms with Gasteiger partial charge in [-0.25, -0.2) is 4.98 Å². The van der Waals surface area contributed by atoms with Gasteiger partial charge in [-0.1, -0.05) is 0 Å². The Morgan fingerprint density at radius 1 is 1.69 bits per heavy atom. The molecule has 1 unspecified atom stereocenters. The van der Waals surface area contributed by atoms with Crippen molar-refractivity contribution in [2.45, 2.75) is 25.3 Å². The number of hydrogen-bond donors (Lipinski definition) is 1. The molecule has 0 spiro atoms. The second kappa shape index (κ2) is 4.69. The molecule has 0 saturated carbocycles. The van der Waals surface area contributed by atoms with Crippen molar-refractivity contribution in [3.05, 3.63) is 16.6 Å². The van der Waals surface area contributed by atoms with Crippen LogP contribution in [0.1, 0.15) is 18.4 Å². The molecular formula is C9H16N2OS. The summed E-state index contributed by atoms with van der Waals surface area (Å²) in [4.78, 5) is 4.21. The van der Waals surface area contributed by atoms with Crippen molar-refractivity contribution in [1.29, 1.82) is 0 Å². The Morgan fingerprint density at radius 2 is 2.46 bits per heavy atom. The van der Waals surface area contributed by atoms with Crippen molar-refractivity contribution in [3.8, 4) is 0 Å². The summed E-state index contributed by atoms with van der Waals surface area (Å²) in [7, 11) is 1.69. The van der Waals surface area contributed by atoms with Gasteiger partial charge in [0.05, 0.1) is 5.01 Å². The number of thiazole rings is 1. The Labute approximate surface area is 82.9 Å². The van der Waals surface area contributed by atoms with E-state index in [2.05, 4.69) is 4.98 Å². The molecular weight excluding hydrogens is 184 g/mol. The number of nitrogens with two attached hydrogens (primary N) is 1. The number of ether oxygens (including phenoxy) is 1. The van der Waals surface area contributed by atoms with E-state index in [9.17, 15) is 0 Å². The molecule has 0 fully saturated rings. The zero-order valence-electron chi connectivity index (χ0n) is 8.12. The van der Waals surface area contributed by atoms with Crippen molar-refractivity contribution in [2.24, 2.45) is 5.73 Å². The summed E-state index contributed by atoms with van der Waals surface area (Å²) >= 11 is 1.65. The molecule has 1 aromatic rings. The molecule has 1 aromatic heterocycles. The summed E-state index contributed by atoms with van der Waals surface area (Å²) in [6, 6.07) is 0. The van der Waals surface area contributed by atoms with Gasteiger partial charge in [-0.05, 0) is 13.3 Å². The van der Waals surface area contributed by atoms with Crippen LogP contribution in [-0.4, -0.2) is 24.2 Å². The quantitative estimate of drug-likeness (QED) is 0.782. The number of rotatable bonds is 5. The topological polar surface area (TPSA) is 48.1 Å². The second-order valence-corrected chi connectivity index (χ2v) is 4.48. The van der Waals surface area contributed by atoms with E-state index in [1.165, 1.54) is 0 Å². The minimum absolute atomic E-state index is 0.201. The van der Waals surface area contributed by atoms with Gasteiger partial charge in [0.1, 0.15) is 0 Å². The van der Waals surface area contributed by atoms with E-state index in [1.54, 1.807) is 18.4 Å². The van der Waals surface area contributed by atoms with Crippen molar-refractivity contribution < 1.29 is 4.74 Å². The number of hydrogen-bond acceptors (Lipinski definition) is 4. The minimum Gasteiger partial charge on any atom is -0.385 e. The molecule has 1 rings (SSSR count). The summed E-state index contributed by atoms with van der Waals surface area (Å²) in [5, 5.41) is 3.07. The van der Waals surface area contributed by atoms with Gasteiger partial charge in [-0.3, -0.25) is 0 Å². The largest absolute Gasteiger partial charge is 0.385 e. The van der Waals surface area contributed by atoms with Crippen LogP contribution in [0, 0.1) is 0 Å². The highest BCUT2D eigenvalue weighted by Gasteiger charge is 2.19. The molecule has 0 aliphatic heterocycles. The first-order chi connectivity index (χ1) is 6.14. The van der Waals surface area contributed by atoms with E-state index in [4.69, 9.17) is 10.5 Å². The molecule has 0 aromatic carbocycles. The Bertz CT molecular complexity index is 234. The molecule has 0 aliphatic carbocycles. The van der Waals surface area contributed by atoms with Gasteiger partial charge in [0.25, 0.3) is 0 Å². The first-order valence-corrected chi connectivity index (χ1v) is 5.18. The Kier molecular flexibility index (Phi) is 3.84. The standard InChI is InChI=1S/C9H16N2OS/c1-9(10,3-5-12-2)7-8-11-4-6-13-8/h4,6H,3,5,7,10H2,1-2H3. The van der Waals surface area contributed by atoms with Crippen molar-refractivity contribution in [2.75, 3.05) is 13.7 Å². The fourth-order valence-corrected chi connectivity index (χ4v) is 1.92. The highest BCUT2D eigenvalue weighted by molar-refractivity contribution is 7.09. The van der Waals surface area contributed by atoms with Gasteiger partial charge < -0.3 is 10.5 Å². The highest BCUT2D eigenvalue weighted by Crippen LogP contribution is 2.15. The summed E-state index contributed by atoms with van der Waals surface area (Å²) in [6.45, 7) is 2.74. The van der Waals surface area contributed by atoms with Gasteiger partial charge in [0, 0.05) is 37.3 Å². The van der Waals surface area contributed by atoms with Crippen LogP contribution in [0.5, 0.6) is 0 Å². The van der Waals surface area contributed by atoms with E-state index in [-0.39, 0.29) is 5.54 Å². The van der Waals surface area contributed by atoms with Crippen LogP contribution < -0.4 is 5.73 Å². The highest BCUT2D eigenvalue weighted by atomic mass is 32.1. The predicted molar refractivity (Wildman–Crippen MR) is 54.9 cm³/mol. The van der Waals surface area contributed by atoms with Crippen LogP contribution in [0.25, 0.3) is 0 Å². The fraction of sp³-hybridized carbons (Fsp3) is 0.667. The Balaban J connectivity index is 2.42. The molecule has 2 N–H and O–H groups in total. The van der Waals surface area contributed by atoms with Crippen LogP contribution in [0.2, 0.25) is 0 Å². The molecule has 3 nitrogen and oxygen atoms in total. The van der Waals surface area contributed by atoms with E-state index in [0.29, 0.717) is 6.61 Å². The average Bonchev–Trinajstić information content (AvgIpc) is 2.52. The van der Waals surface area contributed by atoms with Gasteiger partial charge >= 0.3 is 0 Å². The molecule has 0 bridgehead atoms. The zero-order chi connectivity index (χ0) is 9.73. The lowest BCUT2D eigenvalue weighted by atomic mass is 9.96. The van der Waals surface area contributed by atoms with Crippen molar-refractivity contribution >= 4 is 11.3 Å². The summed E-state index contributed by atoms with van der Waals surface area (Å²) < 4.78 is 5.00. The third kappa shape index (κ3) is 3.85.